The highest BCUT2D eigenvalue weighted by molar-refractivity contribution is 7.99. The van der Waals surface area contributed by atoms with Gasteiger partial charge in [-0.1, -0.05) is 18.2 Å². The van der Waals surface area contributed by atoms with Crippen LogP contribution < -0.4 is 5.32 Å². The summed E-state index contributed by atoms with van der Waals surface area (Å²) in [7, 11) is 0. The van der Waals surface area contributed by atoms with Gasteiger partial charge in [0.15, 0.2) is 0 Å². The molecule has 0 saturated carbocycles. The van der Waals surface area contributed by atoms with E-state index in [0.29, 0.717) is 18.1 Å². The molecule has 106 valence electrons. The van der Waals surface area contributed by atoms with Gasteiger partial charge in [-0.25, -0.2) is 4.79 Å². The lowest BCUT2D eigenvalue weighted by Gasteiger charge is -2.22. The van der Waals surface area contributed by atoms with Crippen LogP contribution in [-0.4, -0.2) is 46.1 Å². The van der Waals surface area contributed by atoms with Crippen LogP contribution in [0.25, 0.3) is 0 Å². The number of hydrogen-bond acceptors (Lipinski definition) is 4. The fraction of sp³-hybridized carbons (Fsp3) is 0.429. The van der Waals surface area contributed by atoms with Gasteiger partial charge in [0.25, 0.3) is 0 Å². The first kappa shape index (κ1) is 13.3. The van der Waals surface area contributed by atoms with E-state index in [4.69, 9.17) is 5.11 Å². The van der Waals surface area contributed by atoms with Crippen LogP contribution in [0, 0.1) is 0 Å². The summed E-state index contributed by atoms with van der Waals surface area (Å²) in [5.74, 6) is 0.135. The molecule has 3 rings (SSSR count). The van der Waals surface area contributed by atoms with Gasteiger partial charge in [-0.3, -0.25) is 4.79 Å². The highest BCUT2D eigenvalue weighted by Gasteiger charge is 2.36. The predicted octanol–water partition coefficient (Wildman–Crippen LogP) is 1.57. The molecule has 0 spiro atoms. The maximum atomic E-state index is 12.3. The normalized spacial score (nSPS) is 24.3. The molecule has 0 bridgehead atoms. The lowest BCUT2D eigenvalue weighted by Crippen LogP contribution is -2.42. The number of rotatable bonds is 3. The fourth-order valence-corrected chi connectivity index (χ4v) is 3.93. The Labute approximate surface area is 121 Å². The molecule has 1 aromatic rings. The first-order chi connectivity index (χ1) is 9.66. The number of anilines is 1. The SMILES string of the molecule is O=C(O)C1CSCN1C(=O)CC1CNc2ccccc21. The average Bonchev–Trinajstić information content (AvgIpc) is 3.06. The number of carbonyl (C=O) groups excluding carboxylic acids is 1. The Morgan fingerprint density at radius 2 is 2.20 bits per heavy atom. The molecule has 0 radical (unpaired) electrons. The maximum absolute atomic E-state index is 12.3. The molecular weight excluding hydrogens is 276 g/mol. The van der Waals surface area contributed by atoms with E-state index in [9.17, 15) is 9.59 Å². The minimum Gasteiger partial charge on any atom is -0.480 e. The number of benzene rings is 1. The smallest absolute Gasteiger partial charge is 0.327 e. The molecule has 2 aliphatic heterocycles. The van der Waals surface area contributed by atoms with E-state index in [1.807, 2.05) is 24.3 Å². The van der Waals surface area contributed by atoms with Gasteiger partial charge in [0.2, 0.25) is 5.91 Å². The molecular formula is C14H16N2O3S. The summed E-state index contributed by atoms with van der Waals surface area (Å²) in [5, 5.41) is 12.4. The Hall–Kier alpha value is -1.69. The van der Waals surface area contributed by atoms with Gasteiger partial charge in [0.1, 0.15) is 6.04 Å². The zero-order valence-electron chi connectivity index (χ0n) is 10.9. The second-order valence-electron chi connectivity index (χ2n) is 5.09. The van der Waals surface area contributed by atoms with E-state index in [-0.39, 0.29) is 11.8 Å². The molecule has 2 aliphatic rings. The number of fused-ring (bicyclic) bond motifs is 1. The first-order valence-electron chi connectivity index (χ1n) is 6.59. The molecule has 0 aromatic heterocycles. The first-order valence-corrected chi connectivity index (χ1v) is 7.75. The molecule has 1 fully saturated rings. The van der Waals surface area contributed by atoms with Crippen LogP contribution in [-0.2, 0) is 9.59 Å². The second kappa shape index (κ2) is 5.36. The molecule has 6 heteroatoms. The summed E-state index contributed by atoms with van der Waals surface area (Å²) < 4.78 is 0. The number of carboxylic acids is 1. The summed E-state index contributed by atoms with van der Waals surface area (Å²) >= 11 is 1.50. The van der Waals surface area contributed by atoms with Crippen molar-refractivity contribution in [1.82, 2.24) is 4.90 Å². The molecule has 2 unspecified atom stereocenters. The Kier molecular flexibility index (Phi) is 3.56. The maximum Gasteiger partial charge on any atom is 0.327 e. The number of carboxylic acid groups (broad SMARTS) is 1. The van der Waals surface area contributed by atoms with Crippen LogP contribution in [0.5, 0.6) is 0 Å². The number of amides is 1. The number of carbonyl (C=O) groups is 2. The van der Waals surface area contributed by atoms with Crippen molar-refractivity contribution in [1.29, 1.82) is 0 Å². The van der Waals surface area contributed by atoms with Crippen LogP contribution in [0.1, 0.15) is 17.9 Å². The monoisotopic (exact) mass is 292 g/mol. The van der Waals surface area contributed by atoms with E-state index in [2.05, 4.69) is 5.32 Å². The summed E-state index contributed by atoms with van der Waals surface area (Å²) in [4.78, 5) is 25.0. The molecule has 2 heterocycles. The quantitative estimate of drug-likeness (QED) is 0.885. The van der Waals surface area contributed by atoms with E-state index >= 15 is 0 Å². The molecule has 0 aliphatic carbocycles. The molecule has 5 nitrogen and oxygen atoms in total. The minimum atomic E-state index is -0.909. The fourth-order valence-electron chi connectivity index (χ4n) is 2.76. The van der Waals surface area contributed by atoms with Gasteiger partial charge < -0.3 is 15.3 Å². The molecule has 1 amide bonds. The van der Waals surface area contributed by atoms with Crippen LogP contribution in [0.4, 0.5) is 5.69 Å². The summed E-state index contributed by atoms with van der Waals surface area (Å²) in [5.41, 5.74) is 2.23. The Morgan fingerprint density at radius 3 is 3.00 bits per heavy atom. The molecule has 1 saturated heterocycles. The van der Waals surface area contributed by atoms with E-state index < -0.39 is 12.0 Å². The second-order valence-corrected chi connectivity index (χ2v) is 6.09. The molecule has 1 aromatic carbocycles. The number of nitrogens with one attached hydrogen (secondary N) is 1. The van der Waals surface area contributed by atoms with Crippen molar-refractivity contribution in [2.45, 2.75) is 18.4 Å². The number of nitrogens with zero attached hydrogens (tertiary/aromatic N) is 1. The standard InChI is InChI=1S/C14H16N2O3S/c17-13(16-8-20-7-12(16)14(18)19)5-9-6-15-11-4-2-1-3-10(9)11/h1-4,9,12,15H,5-8H2,(H,18,19). The Bertz CT molecular complexity index is 549. The number of hydrogen-bond donors (Lipinski definition) is 2. The highest BCUT2D eigenvalue weighted by Crippen LogP contribution is 2.34. The molecule has 2 N–H and O–H groups in total. The summed E-state index contributed by atoms with van der Waals surface area (Å²) in [6.07, 6.45) is 0.369. The highest BCUT2D eigenvalue weighted by atomic mass is 32.2. The van der Waals surface area contributed by atoms with Gasteiger partial charge in [-0.05, 0) is 11.6 Å². The Morgan fingerprint density at radius 1 is 1.40 bits per heavy atom. The summed E-state index contributed by atoms with van der Waals surface area (Å²) in [6, 6.07) is 7.30. The van der Waals surface area contributed by atoms with E-state index in [0.717, 1.165) is 17.8 Å². The molecule has 2 atom stereocenters. The van der Waals surface area contributed by atoms with Crippen LogP contribution in [0.15, 0.2) is 24.3 Å². The van der Waals surface area contributed by atoms with Gasteiger partial charge >= 0.3 is 5.97 Å². The summed E-state index contributed by atoms with van der Waals surface area (Å²) in [6.45, 7) is 0.740. The van der Waals surface area contributed by atoms with Crippen molar-refractivity contribution in [2.24, 2.45) is 0 Å². The number of para-hydroxylation sites is 1. The largest absolute Gasteiger partial charge is 0.480 e. The van der Waals surface area contributed by atoms with Crippen LogP contribution >= 0.6 is 11.8 Å². The third kappa shape index (κ3) is 2.35. The van der Waals surface area contributed by atoms with E-state index in [1.54, 1.807) is 0 Å². The topological polar surface area (TPSA) is 69.6 Å². The van der Waals surface area contributed by atoms with Crippen molar-refractivity contribution in [3.8, 4) is 0 Å². The lowest BCUT2D eigenvalue weighted by molar-refractivity contribution is -0.147. The number of thioether (sulfide) groups is 1. The van der Waals surface area contributed by atoms with Crippen molar-refractivity contribution in [3.63, 3.8) is 0 Å². The number of aliphatic carboxylic acids is 1. The minimum absolute atomic E-state index is 0.0640. The van der Waals surface area contributed by atoms with Crippen molar-refractivity contribution in [2.75, 3.05) is 23.5 Å². The van der Waals surface area contributed by atoms with Gasteiger partial charge in [-0.15, -0.1) is 11.8 Å². The van der Waals surface area contributed by atoms with Crippen molar-refractivity contribution in [3.05, 3.63) is 29.8 Å². The van der Waals surface area contributed by atoms with Gasteiger partial charge in [0.05, 0.1) is 5.88 Å². The lowest BCUT2D eigenvalue weighted by atomic mass is 9.97. The van der Waals surface area contributed by atoms with Crippen molar-refractivity contribution < 1.29 is 14.7 Å². The van der Waals surface area contributed by atoms with E-state index in [1.165, 1.54) is 16.7 Å². The van der Waals surface area contributed by atoms with Gasteiger partial charge in [-0.2, -0.15) is 0 Å². The Balaban J connectivity index is 1.70. The third-order valence-corrected chi connectivity index (χ3v) is 4.86. The third-order valence-electron chi connectivity index (χ3n) is 3.85. The average molecular weight is 292 g/mol. The zero-order chi connectivity index (χ0) is 14.1. The zero-order valence-corrected chi connectivity index (χ0v) is 11.7. The predicted molar refractivity (Wildman–Crippen MR) is 77.9 cm³/mol. The van der Waals surface area contributed by atoms with Gasteiger partial charge in [0, 0.05) is 30.3 Å². The van der Waals surface area contributed by atoms with Crippen LogP contribution in [0.3, 0.4) is 0 Å². The van der Waals surface area contributed by atoms with Crippen LogP contribution in [0.2, 0.25) is 0 Å². The molecule has 20 heavy (non-hydrogen) atoms. The van der Waals surface area contributed by atoms with Crippen molar-refractivity contribution >= 4 is 29.3 Å².